The van der Waals surface area contributed by atoms with Crippen molar-refractivity contribution in [3.8, 4) is 0 Å². The molecular formula is C29H52O. The molecule has 0 spiro atoms. The van der Waals surface area contributed by atoms with Crippen LogP contribution in [0.5, 0.6) is 0 Å². The second kappa shape index (κ2) is 8.40. The zero-order valence-electron chi connectivity index (χ0n) is 20.8. The van der Waals surface area contributed by atoms with E-state index in [1.807, 2.05) is 6.92 Å². The minimum atomic E-state index is 0. The van der Waals surface area contributed by atoms with Crippen molar-refractivity contribution in [3.63, 3.8) is 0 Å². The Morgan fingerprint density at radius 3 is 2.53 bits per heavy atom. The molecule has 0 N–H and O–H groups in total. The van der Waals surface area contributed by atoms with Crippen molar-refractivity contribution in [2.24, 2.45) is 52.3 Å². The van der Waals surface area contributed by atoms with E-state index in [4.69, 9.17) is 0 Å². The van der Waals surface area contributed by atoms with E-state index < -0.39 is 0 Å². The molecule has 0 heterocycles. The second-order valence-corrected chi connectivity index (χ2v) is 12.8. The maximum Gasteiger partial charge on any atom is 0.133 e. The summed E-state index contributed by atoms with van der Waals surface area (Å²) in [5.41, 5.74) is 2.63. The predicted octanol–water partition coefficient (Wildman–Crippen LogP) is 8.73. The van der Waals surface area contributed by atoms with E-state index in [-0.39, 0.29) is 2.85 Å². The summed E-state index contributed by atoms with van der Waals surface area (Å²) in [6, 6.07) is 0. The highest BCUT2D eigenvalue weighted by Gasteiger charge is 2.59. The van der Waals surface area contributed by atoms with Gasteiger partial charge in [-0.05, 0) is 105 Å². The topological polar surface area (TPSA) is 17.1 Å². The fourth-order valence-electron chi connectivity index (χ4n) is 9.03. The van der Waals surface area contributed by atoms with E-state index in [2.05, 4.69) is 40.7 Å². The lowest BCUT2D eigenvalue weighted by molar-refractivity contribution is -0.122. The number of allylic oxidation sites excluding steroid dienone is 2. The van der Waals surface area contributed by atoms with Crippen LogP contribution in [0.2, 0.25) is 0 Å². The zero-order valence-corrected chi connectivity index (χ0v) is 20.8. The molecule has 30 heavy (non-hydrogen) atoms. The van der Waals surface area contributed by atoms with Crippen LogP contribution in [0.3, 0.4) is 0 Å². The summed E-state index contributed by atoms with van der Waals surface area (Å²) in [6.07, 6.45) is 17.5. The first kappa shape index (κ1) is 22.6. The maximum absolute atomic E-state index is 12.0. The van der Waals surface area contributed by atoms with Gasteiger partial charge < -0.3 is 0 Å². The minimum Gasteiger partial charge on any atom is -0.300 e. The van der Waals surface area contributed by atoms with Gasteiger partial charge in [0.15, 0.2) is 0 Å². The first-order valence-corrected chi connectivity index (χ1v) is 13.4. The molecule has 0 aromatic rings. The van der Waals surface area contributed by atoms with Gasteiger partial charge >= 0.3 is 0 Å². The first-order valence-electron chi connectivity index (χ1n) is 13.4. The van der Waals surface area contributed by atoms with Crippen LogP contribution in [0.1, 0.15) is 115 Å². The Morgan fingerprint density at radius 2 is 1.83 bits per heavy atom. The third kappa shape index (κ3) is 3.75. The van der Waals surface area contributed by atoms with E-state index in [9.17, 15) is 4.79 Å². The van der Waals surface area contributed by atoms with Gasteiger partial charge in [0, 0.05) is 8.77 Å². The largest absolute Gasteiger partial charge is 0.300 e. The number of rotatable bonds is 6. The molecule has 0 aliphatic heterocycles. The summed E-state index contributed by atoms with van der Waals surface area (Å²) < 4.78 is 0. The maximum atomic E-state index is 12.0. The van der Waals surface area contributed by atoms with E-state index in [1.165, 1.54) is 57.8 Å². The number of Topliss-reactive ketones (excluding diaryl/α,β-unsaturated/α-hetero) is 1. The van der Waals surface area contributed by atoms with Crippen LogP contribution in [-0.2, 0) is 4.79 Å². The highest BCUT2D eigenvalue weighted by Crippen LogP contribution is 2.67. The quantitative estimate of drug-likeness (QED) is 0.395. The van der Waals surface area contributed by atoms with Gasteiger partial charge in [-0.3, -0.25) is 4.79 Å². The Kier molecular flexibility index (Phi) is 6.33. The molecule has 174 valence electrons. The summed E-state index contributed by atoms with van der Waals surface area (Å²) in [5.74, 6) is 6.13. The van der Waals surface area contributed by atoms with Gasteiger partial charge in [0.1, 0.15) is 5.78 Å². The Morgan fingerprint density at radius 1 is 1.07 bits per heavy atom. The van der Waals surface area contributed by atoms with Crippen LogP contribution in [-0.4, -0.2) is 5.78 Å². The van der Waals surface area contributed by atoms with Gasteiger partial charge in [0.2, 0.25) is 0 Å². The molecule has 1 nitrogen and oxygen atoms in total. The molecule has 2 unspecified atom stereocenters. The Bertz CT molecular complexity index is 685. The highest BCUT2D eigenvalue weighted by molar-refractivity contribution is 5.78. The summed E-state index contributed by atoms with van der Waals surface area (Å²) in [5, 5.41) is 0. The molecule has 0 radical (unpaired) electrons. The van der Waals surface area contributed by atoms with Gasteiger partial charge in [-0.15, -0.1) is 0 Å². The molecule has 0 amide bonds. The second-order valence-electron chi connectivity index (χ2n) is 12.8. The number of ketones is 1. The molecular weight excluding hydrogens is 364 g/mol. The number of fused-ring (bicyclic) bond motifs is 5. The molecule has 3 saturated carbocycles. The summed E-state index contributed by atoms with van der Waals surface area (Å²) in [4.78, 5) is 12.0. The van der Waals surface area contributed by atoms with Gasteiger partial charge in [-0.2, -0.15) is 0 Å². The molecule has 0 bridgehead atoms. The third-order valence-corrected chi connectivity index (χ3v) is 10.9. The summed E-state index contributed by atoms with van der Waals surface area (Å²) in [6.45, 7) is 14.4. The number of hydrogen-bond acceptors (Lipinski definition) is 1. The normalized spacial score (nSPS) is 44.1. The van der Waals surface area contributed by atoms with Gasteiger partial charge in [0.25, 0.3) is 0 Å². The number of carbonyl (C=O) groups is 1. The lowest BCUT2D eigenvalue weighted by atomic mass is 9.46. The van der Waals surface area contributed by atoms with Crippen LogP contribution >= 0.6 is 0 Å². The van der Waals surface area contributed by atoms with E-state index in [0.717, 1.165) is 48.3 Å². The molecule has 0 aromatic heterocycles. The molecule has 4 aliphatic rings. The monoisotopic (exact) mass is 416 g/mol. The fraction of sp³-hybridized carbons (Fsp3) is 0.897. The average Bonchev–Trinajstić information content (AvgIpc) is 3.04. The molecule has 4 rings (SSSR count). The van der Waals surface area contributed by atoms with E-state index in [0.29, 0.717) is 22.5 Å². The lowest BCUT2D eigenvalue weighted by Gasteiger charge is -2.58. The number of hydrogen-bond donors (Lipinski definition) is 0. The van der Waals surface area contributed by atoms with Crippen LogP contribution in [0.15, 0.2) is 11.6 Å². The third-order valence-electron chi connectivity index (χ3n) is 10.9. The van der Waals surface area contributed by atoms with E-state index in [1.54, 1.807) is 5.57 Å². The summed E-state index contributed by atoms with van der Waals surface area (Å²) >= 11 is 0. The van der Waals surface area contributed by atoms with Gasteiger partial charge in [-0.1, -0.05) is 65.5 Å². The summed E-state index contributed by atoms with van der Waals surface area (Å²) in [7, 11) is 0. The Labute approximate surface area is 189 Å². The van der Waals surface area contributed by atoms with Crippen molar-refractivity contribution >= 4 is 5.78 Å². The lowest BCUT2D eigenvalue weighted by Crippen LogP contribution is -2.50. The standard InChI is InChI=1S/C29H48O.2H2/c1-19(2)8-7-9-20(3)25-12-13-26-24-11-10-23-18-22(21(4)30)14-16-28(23,5)27(24)15-17-29(25,26)6;;/h10,19-20,22,24-27H,7-9,11-18H2,1-6H3;2*1H/t20-,22+,24+,25-,26?,27?,28+,29-;;/m1../s1. The van der Waals surface area contributed by atoms with Crippen molar-refractivity contribution in [2.45, 2.75) is 112 Å². The van der Waals surface area contributed by atoms with Gasteiger partial charge in [0.05, 0.1) is 0 Å². The molecule has 0 saturated heterocycles. The van der Waals surface area contributed by atoms with E-state index >= 15 is 0 Å². The van der Waals surface area contributed by atoms with Crippen LogP contribution in [0.4, 0.5) is 0 Å². The molecule has 3 fully saturated rings. The van der Waals surface area contributed by atoms with Crippen molar-refractivity contribution in [1.29, 1.82) is 0 Å². The van der Waals surface area contributed by atoms with Crippen molar-refractivity contribution in [1.82, 2.24) is 0 Å². The molecule has 0 aromatic carbocycles. The van der Waals surface area contributed by atoms with Gasteiger partial charge in [-0.25, -0.2) is 0 Å². The van der Waals surface area contributed by atoms with Crippen LogP contribution in [0.25, 0.3) is 0 Å². The van der Waals surface area contributed by atoms with Crippen LogP contribution < -0.4 is 0 Å². The van der Waals surface area contributed by atoms with Crippen molar-refractivity contribution in [2.75, 3.05) is 0 Å². The molecule has 4 aliphatic carbocycles. The Balaban J connectivity index is 0.00000181. The highest BCUT2D eigenvalue weighted by atomic mass is 16.1. The average molecular weight is 417 g/mol. The minimum absolute atomic E-state index is 0. The molecule has 8 atom stereocenters. The van der Waals surface area contributed by atoms with Crippen molar-refractivity contribution < 1.29 is 7.65 Å². The zero-order chi connectivity index (χ0) is 21.7. The fourth-order valence-corrected chi connectivity index (χ4v) is 9.03. The SMILES string of the molecule is CC(=O)[C@H]1CC[C@@]2(C)C(=CC[C@@H]3C2CC[C@@]2(C)C3CC[C@@H]2[C@H](C)CCCC(C)C)C1.[HH].[HH]. The Hall–Kier alpha value is -0.590. The number of carbonyl (C=O) groups excluding carboxylic acids is 1. The van der Waals surface area contributed by atoms with Crippen LogP contribution in [0, 0.1) is 52.3 Å². The smallest absolute Gasteiger partial charge is 0.133 e. The first-order chi connectivity index (χ1) is 14.2. The molecule has 1 heteroatoms. The van der Waals surface area contributed by atoms with Crippen molar-refractivity contribution in [3.05, 3.63) is 11.6 Å². The predicted molar refractivity (Wildman–Crippen MR) is 131 cm³/mol.